The van der Waals surface area contributed by atoms with Gasteiger partial charge in [-0.2, -0.15) is 0 Å². The first kappa shape index (κ1) is 17.6. The number of hydrogen-bond acceptors (Lipinski definition) is 5. The van der Waals surface area contributed by atoms with Gasteiger partial charge in [-0.05, 0) is 39.2 Å². The van der Waals surface area contributed by atoms with Crippen LogP contribution in [-0.4, -0.2) is 43.8 Å². The molecule has 2 atom stereocenters. The van der Waals surface area contributed by atoms with Crippen molar-refractivity contribution in [2.45, 2.75) is 45.8 Å². The number of esters is 1. The summed E-state index contributed by atoms with van der Waals surface area (Å²) in [6.07, 6.45) is 1.33. The van der Waals surface area contributed by atoms with E-state index in [9.17, 15) is 9.59 Å². The van der Waals surface area contributed by atoms with E-state index in [2.05, 4.69) is 0 Å². The zero-order valence-corrected chi connectivity index (χ0v) is 14.0. The van der Waals surface area contributed by atoms with Gasteiger partial charge in [-0.1, -0.05) is 23.8 Å². The number of ketones is 1. The molecule has 1 aromatic carbocycles. The molecule has 5 heteroatoms. The van der Waals surface area contributed by atoms with Crippen molar-refractivity contribution in [1.29, 1.82) is 0 Å². The van der Waals surface area contributed by atoms with Gasteiger partial charge in [0, 0.05) is 12.2 Å². The average Bonchev–Trinajstić information content (AvgIpc) is 3.03. The van der Waals surface area contributed by atoms with E-state index in [1.807, 2.05) is 26.0 Å². The van der Waals surface area contributed by atoms with Gasteiger partial charge in [0.15, 0.2) is 12.7 Å². The molecule has 23 heavy (non-hydrogen) atoms. The maximum Gasteiger partial charge on any atom is 0.335 e. The number of rotatable bonds is 7. The third-order valence-corrected chi connectivity index (χ3v) is 3.92. The summed E-state index contributed by atoms with van der Waals surface area (Å²) in [6.45, 7) is 6.32. The maximum absolute atomic E-state index is 12.1. The van der Waals surface area contributed by atoms with Gasteiger partial charge in [0.2, 0.25) is 5.78 Å². The predicted octanol–water partition coefficient (Wildman–Crippen LogP) is 2.61. The minimum absolute atomic E-state index is 0.0575. The molecule has 1 aromatic rings. The highest BCUT2D eigenvalue weighted by Gasteiger charge is 2.21. The normalized spacial score (nSPS) is 18.7. The van der Waals surface area contributed by atoms with E-state index >= 15 is 0 Å². The van der Waals surface area contributed by atoms with Crippen LogP contribution < -0.4 is 0 Å². The molecule has 0 amide bonds. The summed E-state index contributed by atoms with van der Waals surface area (Å²) in [5.74, 6) is -0.733. The van der Waals surface area contributed by atoms with E-state index in [-0.39, 0.29) is 18.5 Å². The van der Waals surface area contributed by atoms with Crippen LogP contribution in [0, 0.1) is 13.8 Å². The minimum atomic E-state index is -0.703. The Hall–Kier alpha value is -1.72. The lowest BCUT2D eigenvalue weighted by Gasteiger charge is -2.15. The fraction of sp³-hybridized carbons (Fsp3) is 0.556. The molecular weight excluding hydrogens is 296 g/mol. The first-order valence-corrected chi connectivity index (χ1v) is 7.97. The van der Waals surface area contributed by atoms with Crippen LogP contribution in [0.25, 0.3) is 0 Å². The monoisotopic (exact) mass is 320 g/mol. The Bertz CT molecular complexity index is 561. The lowest BCUT2D eigenvalue weighted by molar-refractivity contribution is -0.156. The maximum atomic E-state index is 12.1. The minimum Gasteiger partial charge on any atom is -0.455 e. The van der Waals surface area contributed by atoms with E-state index in [0.29, 0.717) is 12.2 Å². The van der Waals surface area contributed by atoms with Crippen molar-refractivity contribution in [2.24, 2.45) is 0 Å². The highest BCUT2D eigenvalue weighted by molar-refractivity contribution is 5.99. The molecular formula is C18H24O5. The van der Waals surface area contributed by atoms with Gasteiger partial charge >= 0.3 is 5.97 Å². The Morgan fingerprint density at radius 1 is 1.35 bits per heavy atom. The van der Waals surface area contributed by atoms with Crippen LogP contribution in [0.4, 0.5) is 0 Å². The molecule has 0 N–H and O–H groups in total. The number of Topliss-reactive ketones (excluding diaryl/α,β-unsaturated/α-hetero) is 1. The largest absolute Gasteiger partial charge is 0.455 e. The number of benzene rings is 1. The van der Waals surface area contributed by atoms with Crippen LogP contribution >= 0.6 is 0 Å². The van der Waals surface area contributed by atoms with Crippen molar-refractivity contribution in [3.63, 3.8) is 0 Å². The molecule has 1 aliphatic heterocycles. The fourth-order valence-corrected chi connectivity index (χ4v) is 2.55. The van der Waals surface area contributed by atoms with Crippen molar-refractivity contribution < 1.29 is 23.8 Å². The topological polar surface area (TPSA) is 61.8 Å². The van der Waals surface area contributed by atoms with Crippen molar-refractivity contribution in [2.75, 3.05) is 19.8 Å². The summed E-state index contributed by atoms with van der Waals surface area (Å²) in [5.41, 5.74) is 2.55. The standard InChI is InChI=1S/C18H24O5/c1-12-6-7-16(13(2)9-12)17(19)11-23-18(20)14(3)22-10-15-5-4-8-21-15/h6-7,9,14-15H,4-5,8,10-11H2,1-3H3. The van der Waals surface area contributed by atoms with E-state index in [4.69, 9.17) is 14.2 Å². The Morgan fingerprint density at radius 3 is 2.78 bits per heavy atom. The lowest BCUT2D eigenvalue weighted by Crippen LogP contribution is -2.29. The quantitative estimate of drug-likeness (QED) is 0.571. The van der Waals surface area contributed by atoms with Crippen LogP contribution in [0.3, 0.4) is 0 Å². The van der Waals surface area contributed by atoms with Crippen LogP contribution in [-0.2, 0) is 19.0 Å². The van der Waals surface area contributed by atoms with Gasteiger partial charge in [0.25, 0.3) is 0 Å². The Kier molecular flexibility index (Phi) is 6.30. The summed E-state index contributed by atoms with van der Waals surface area (Å²) in [6, 6.07) is 5.57. The highest BCUT2D eigenvalue weighted by atomic mass is 16.6. The second kappa shape index (κ2) is 8.22. The van der Waals surface area contributed by atoms with Gasteiger partial charge in [-0.15, -0.1) is 0 Å². The second-order valence-electron chi connectivity index (χ2n) is 5.96. The molecule has 0 aliphatic carbocycles. The number of hydrogen-bond donors (Lipinski definition) is 0. The third-order valence-electron chi connectivity index (χ3n) is 3.92. The van der Waals surface area contributed by atoms with E-state index in [1.165, 1.54) is 0 Å². The summed E-state index contributed by atoms with van der Waals surface area (Å²) in [5, 5.41) is 0. The van der Waals surface area contributed by atoms with Crippen LogP contribution in [0.15, 0.2) is 18.2 Å². The third kappa shape index (κ3) is 5.15. The van der Waals surface area contributed by atoms with Gasteiger partial charge in [-0.25, -0.2) is 4.79 Å². The molecule has 1 fully saturated rings. The first-order valence-electron chi connectivity index (χ1n) is 7.97. The van der Waals surface area contributed by atoms with E-state index in [0.717, 1.165) is 30.6 Å². The SMILES string of the molecule is Cc1ccc(C(=O)COC(=O)C(C)OCC2CCCO2)c(C)c1. The summed E-state index contributed by atoms with van der Waals surface area (Å²) < 4.78 is 16.0. The number of aryl methyl sites for hydroxylation is 2. The van der Waals surface area contributed by atoms with Crippen LogP contribution in [0.1, 0.15) is 41.3 Å². The molecule has 0 bridgehead atoms. The molecule has 126 valence electrons. The molecule has 1 heterocycles. The van der Waals surface area contributed by atoms with Crippen molar-refractivity contribution in [3.8, 4) is 0 Å². The second-order valence-corrected chi connectivity index (χ2v) is 5.96. The lowest BCUT2D eigenvalue weighted by atomic mass is 10.0. The van der Waals surface area contributed by atoms with Gasteiger partial charge in [-0.3, -0.25) is 4.79 Å². The molecule has 1 aliphatic rings. The number of carbonyl (C=O) groups excluding carboxylic acids is 2. The van der Waals surface area contributed by atoms with Gasteiger partial charge in [0.1, 0.15) is 0 Å². The molecule has 2 unspecified atom stereocenters. The molecule has 5 nitrogen and oxygen atoms in total. The van der Waals surface area contributed by atoms with Crippen molar-refractivity contribution in [3.05, 3.63) is 34.9 Å². The molecule has 0 radical (unpaired) electrons. The number of ether oxygens (including phenoxy) is 3. The van der Waals surface area contributed by atoms with Gasteiger partial charge in [0.05, 0.1) is 12.7 Å². The molecule has 1 saturated heterocycles. The van der Waals surface area contributed by atoms with E-state index < -0.39 is 12.1 Å². The summed E-state index contributed by atoms with van der Waals surface area (Å²) >= 11 is 0. The van der Waals surface area contributed by atoms with E-state index in [1.54, 1.807) is 13.0 Å². The van der Waals surface area contributed by atoms with Crippen molar-refractivity contribution >= 4 is 11.8 Å². The fourth-order valence-electron chi connectivity index (χ4n) is 2.55. The average molecular weight is 320 g/mol. The Balaban J connectivity index is 1.77. The highest BCUT2D eigenvalue weighted by Crippen LogP contribution is 2.14. The summed E-state index contributed by atoms with van der Waals surface area (Å²) in [4.78, 5) is 24.0. The van der Waals surface area contributed by atoms with Crippen LogP contribution in [0.2, 0.25) is 0 Å². The predicted molar refractivity (Wildman–Crippen MR) is 85.6 cm³/mol. The molecule has 0 spiro atoms. The molecule has 0 saturated carbocycles. The first-order chi connectivity index (χ1) is 11.0. The summed E-state index contributed by atoms with van der Waals surface area (Å²) in [7, 11) is 0. The number of carbonyl (C=O) groups is 2. The van der Waals surface area contributed by atoms with Crippen molar-refractivity contribution in [1.82, 2.24) is 0 Å². The van der Waals surface area contributed by atoms with Gasteiger partial charge < -0.3 is 14.2 Å². The Morgan fingerprint density at radius 2 is 2.13 bits per heavy atom. The van der Waals surface area contributed by atoms with Crippen LogP contribution in [0.5, 0.6) is 0 Å². The molecule has 2 rings (SSSR count). The zero-order valence-electron chi connectivity index (χ0n) is 14.0. The Labute approximate surface area is 136 Å². The molecule has 0 aromatic heterocycles. The smallest absolute Gasteiger partial charge is 0.335 e. The zero-order chi connectivity index (χ0) is 16.8.